The zero-order valence-corrected chi connectivity index (χ0v) is 12.9. The summed E-state index contributed by atoms with van der Waals surface area (Å²) in [6, 6.07) is 3.86. The Balaban J connectivity index is 2.45. The molecule has 1 amide bonds. The summed E-state index contributed by atoms with van der Waals surface area (Å²) in [5, 5.41) is 11.5. The van der Waals surface area contributed by atoms with Gasteiger partial charge in [-0.2, -0.15) is 0 Å². The Morgan fingerprint density at radius 3 is 2.86 bits per heavy atom. The van der Waals surface area contributed by atoms with Crippen molar-refractivity contribution in [1.82, 2.24) is 15.2 Å². The van der Waals surface area contributed by atoms with E-state index >= 15 is 0 Å². The molecular formula is C16H23N3O2. The van der Waals surface area contributed by atoms with Crippen molar-refractivity contribution in [2.75, 3.05) is 26.7 Å². The van der Waals surface area contributed by atoms with Gasteiger partial charge >= 0.3 is 0 Å². The number of nitrogens with zero attached hydrogens (tertiary/aromatic N) is 2. The van der Waals surface area contributed by atoms with Gasteiger partial charge in [-0.15, -0.1) is 0 Å². The Hall–Kier alpha value is -1.90. The quantitative estimate of drug-likeness (QED) is 0.763. The molecule has 0 aliphatic rings. The molecule has 0 fully saturated rings. The number of carbonyl (C=O) groups excluding carboxylic acids is 1. The molecule has 5 heteroatoms. The first-order chi connectivity index (χ1) is 10.1. The summed E-state index contributed by atoms with van der Waals surface area (Å²) < 4.78 is 0. The number of pyridine rings is 1. The molecule has 114 valence electrons. The standard InChI is InChI=1S/C16H23N3O2/c1-4-13(2)19(3)10-9-17-16(21)15-8-7-14(12-18-15)6-5-11-20/h7-8,12-13,20H,4,9-11H2,1-3H3,(H,17,21). The first-order valence-corrected chi connectivity index (χ1v) is 7.12. The van der Waals surface area contributed by atoms with Crippen LogP contribution >= 0.6 is 0 Å². The zero-order chi connectivity index (χ0) is 15.7. The lowest BCUT2D eigenvalue weighted by atomic mass is 10.2. The van der Waals surface area contributed by atoms with Crippen molar-refractivity contribution >= 4 is 5.91 Å². The zero-order valence-electron chi connectivity index (χ0n) is 12.9. The SMILES string of the molecule is CCC(C)N(C)CCNC(=O)c1ccc(C#CCO)cn1. The van der Waals surface area contributed by atoms with Crippen LogP contribution in [0.4, 0.5) is 0 Å². The van der Waals surface area contributed by atoms with Crippen molar-refractivity contribution in [3.05, 3.63) is 29.6 Å². The number of hydrogen-bond acceptors (Lipinski definition) is 4. The molecule has 1 unspecified atom stereocenters. The van der Waals surface area contributed by atoms with Crippen molar-refractivity contribution in [3.8, 4) is 11.8 Å². The van der Waals surface area contributed by atoms with Gasteiger partial charge in [-0.05, 0) is 32.5 Å². The number of aliphatic hydroxyl groups excluding tert-OH is 1. The van der Waals surface area contributed by atoms with E-state index in [0.717, 1.165) is 13.0 Å². The molecule has 1 atom stereocenters. The number of hydrogen-bond donors (Lipinski definition) is 2. The van der Waals surface area contributed by atoms with E-state index < -0.39 is 0 Å². The summed E-state index contributed by atoms with van der Waals surface area (Å²) in [5.41, 5.74) is 1.05. The van der Waals surface area contributed by atoms with Crippen molar-refractivity contribution in [1.29, 1.82) is 0 Å². The minimum absolute atomic E-state index is 0.186. The van der Waals surface area contributed by atoms with Gasteiger partial charge in [0.1, 0.15) is 12.3 Å². The summed E-state index contributed by atoms with van der Waals surface area (Å²) in [6.45, 7) is 5.51. The number of amides is 1. The van der Waals surface area contributed by atoms with Gasteiger partial charge in [0.15, 0.2) is 0 Å². The third-order valence-corrected chi connectivity index (χ3v) is 3.40. The Labute approximate surface area is 126 Å². The average Bonchev–Trinajstić information content (AvgIpc) is 2.52. The average molecular weight is 289 g/mol. The molecule has 0 spiro atoms. The maximum Gasteiger partial charge on any atom is 0.269 e. The number of rotatable bonds is 6. The summed E-state index contributed by atoms with van der Waals surface area (Å²) in [5.74, 6) is 5.09. The lowest BCUT2D eigenvalue weighted by Crippen LogP contribution is -2.37. The highest BCUT2D eigenvalue weighted by molar-refractivity contribution is 5.92. The smallest absolute Gasteiger partial charge is 0.269 e. The van der Waals surface area contributed by atoms with Crippen LogP contribution in [0.1, 0.15) is 36.3 Å². The molecule has 0 aliphatic carbocycles. The fraction of sp³-hybridized carbons (Fsp3) is 0.500. The number of nitrogens with one attached hydrogen (secondary N) is 1. The van der Waals surface area contributed by atoms with E-state index in [9.17, 15) is 4.79 Å². The van der Waals surface area contributed by atoms with E-state index in [2.05, 4.69) is 40.9 Å². The van der Waals surface area contributed by atoms with E-state index in [1.807, 2.05) is 7.05 Å². The second kappa shape index (κ2) is 9.11. The molecule has 1 aromatic rings. The Kier molecular flexibility index (Phi) is 7.44. The Morgan fingerprint density at radius 1 is 1.52 bits per heavy atom. The third-order valence-electron chi connectivity index (χ3n) is 3.40. The van der Waals surface area contributed by atoms with E-state index in [1.165, 1.54) is 6.20 Å². The van der Waals surface area contributed by atoms with Crippen LogP contribution < -0.4 is 5.32 Å². The fourth-order valence-corrected chi connectivity index (χ4v) is 1.71. The van der Waals surface area contributed by atoms with E-state index in [0.29, 0.717) is 23.8 Å². The number of carbonyl (C=O) groups is 1. The van der Waals surface area contributed by atoms with Crippen LogP contribution in [-0.4, -0.2) is 53.7 Å². The minimum atomic E-state index is -0.189. The highest BCUT2D eigenvalue weighted by Crippen LogP contribution is 2.00. The van der Waals surface area contributed by atoms with Gasteiger partial charge in [0.2, 0.25) is 0 Å². The molecule has 0 aliphatic heterocycles. The largest absolute Gasteiger partial charge is 0.384 e. The van der Waals surface area contributed by atoms with E-state index in [-0.39, 0.29) is 12.5 Å². The minimum Gasteiger partial charge on any atom is -0.384 e. The van der Waals surface area contributed by atoms with Gasteiger partial charge in [0, 0.05) is 30.9 Å². The second-order valence-electron chi connectivity index (χ2n) is 4.89. The highest BCUT2D eigenvalue weighted by atomic mass is 16.2. The van der Waals surface area contributed by atoms with Crippen molar-refractivity contribution in [2.24, 2.45) is 0 Å². The monoisotopic (exact) mass is 289 g/mol. The van der Waals surface area contributed by atoms with Crippen LogP contribution in [0.3, 0.4) is 0 Å². The Morgan fingerprint density at radius 2 is 2.29 bits per heavy atom. The molecule has 0 radical (unpaired) electrons. The van der Waals surface area contributed by atoms with Gasteiger partial charge in [-0.25, -0.2) is 4.98 Å². The first kappa shape index (κ1) is 17.2. The molecule has 1 heterocycles. The van der Waals surface area contributed by atoms with Crippen LogP contribution in [0, 0.1) is 11.8 Å². The van der Waals surface area contributed by atoms with Crippen molar-refractivity contribution < 1.29 is 9.90 Å². The lowest BCUT2D eigenvalue weighted by Gasteiger charge is -2.23. The summed E-state index contributed by atoms with van der Waals surface area (Å²) >= 11 is 0. The lowest BCUT2D eigenvalue weighted by molar-refractivity contribution is 0.0942. The predicted molar refractivity (Wildman–Crippen MR) is 82.9 cm³/mol. The maximum atomic E-state index is 11.9. The fourth-order valence-electron chi connectivity index (χ4n) is 1.71. The molecule has 1 rings (SSSR count). The summed E-state index contributed by atoms with van der Waals surface area (Å²) in [7, 11) is 2.05. The normalized spacial score (nSPS) is 11.7. The molecule has 2 N–H and O–H groups in total. The van der Waals surface area contributed by atoms with Gasteiger partial charge < -0.3 is 15.3 Å². The van der Waals surface area contributed by atoms with Gasteiger partial charge in [-0.3, -0.25) is 4.79 Å². The molecule has 0 saturated carbocycles. The molecule has 21 heavy (non-hydrogen) atoms. The van der Waals surface area contributed by atoms with E-state index in [1.54, 1.807) is 12.1 Å². The topological polar surface area (TPSA) is 65.5 Å². The maximum absolute atomic E-state index is 11.9. The van der Waals surface area contributed by atoms with Crippen molar-refractivity contribution in [3.63, 3.8) is 0 Å². The Bertz CT molecular complexity index is 502. The van der Waals surface area contributed by atoms with Crippen LogP contribution in [0.5, 0.6) is 0 Å². The molecule has 5 nitrogen and oxygen atoms in total. The highest BCUT2D eigenvalue weighted by Gasteiger charge is 2.09. The van der Waals surface area contributed by atoms with E-state index in [4.69, 9.17) is 5.11 Å². The number of likely N-dealkylation sites (N-methyl/N-ethyl adjacent to an activating group) is 1. The summed E-state index contributed by atoms with van der Waals surface area (Å²) in [4.78, 5) is 18.2. The molecule has 0 aromatic carbocycles. The van der Waals surface area contributed by atoms with Crippen LogP contribution in [0.15, 0.2) is 18.3 Å². The molecule has 1 aromatic heterocycles. The number of aromatic nitrogens is 1. The van der Waals surface area contributed by atoms with Crippen LogP contribution in [0.2, 0.25) is 0 Å². The van der Waals surface area contributed by atoms with Gasteiger partial charge in [0.05, 0.1) is 0 Å². The van der Waals surface area contributed by atoms with Gasteiger partial charge in [-0.1, -0.05) is 18.8 Å². The molecule has 0 bridgehead atoms. The molecule has 0 saturated heterocycles. The third kappa shape index (κ3) is 5.94. The second-order valence-corrected chi connectivity index (χ2v) is 4.89. The number of aliphatic hydroxyl groups is 1. The first-order valence-electron chi connectivity index (χ1n) is 7.12. The van der Waals surface area contributed by atoms with Crippen molar-refractivity contribution in [2.45, 2.75) is 26.3 Å². The summed E-state index contributed by atoms with van der Waals surface area (Å²) in [6.07, 6.45) is 2.62. The van der Waals surface area contributed by atoms with Crippen LogP contribution in [0.25, 0.3) is 0 Å². The van der Waals surface area contributed by atoms with Gasteiger partial charge in [0.25, 0.3) is 5.91 Å². The van der Waals surface area contributed by atoms with Crippen LogP contribution in [-0.2, 0) is 0 Å². The predicted octanol–water partition coefficient (Wildman–Crippen LogP) is 0.885. The molecular weight excluding hydrogens is 266 g/mol.